The Morgan fingerprint density at radius 3 is 2.71 bits per heavy atom. The highest BCUT2D eigenvalue weighted by atomic mass is 127. The van der Waals surface area contributed by atoms with E-state index in [9.17, 15) is 4.79 Å². The lowest BCUT2D eigenvalue weighted by Gasteiger charge is -2.21. The molecular formula is C22H24IN3O2. The number of hydrogen-bond acceptors (Lipinski definition) is 3. The Morgan fingerprint density at radius 2 is 2.00 bits per heavy atom. The molecule has 5 nitrogen and oxygen atoms in total. The molecule has 1 aromatic heterocycles. The summed E-state index contributed by atoms with van der Waals surface area (Å²) >= 11 is 2.30. The van der Waals surface area contributed by atoms with Crippen LogP contribution in [0.15, 0.2) is 59.7 Å². The predicted molar refractivity (Wildman–Crippen MR) is 122 cm³/mol. The highest BCUT2D eigenvalue weighted by molar-refractivity contribution is 14.1. The maximum absolute atomic E-state index is 12.1. The van der Waals surface area contributed by atoms with Crippen LogP contribution in [0.4, 0.5) is 4.79 Å². The zero-order chi connectivity index (χ0) is 20.1. The summed E-state index contributed by atoms with van der Waals surface area (Å²) in [5.74, 6) is 0. The van der Waals surface area contributed by atoms with Gasteiger partial charge in [0.25, 0.3) is 0 Å². The first-order valence-corrected chi connectivity index (χ1v) is 10.2. The van der Waals surface area contributed by atoms with Gasteiger partial charge in [-0.3, -0.25) is 4.99 Å². The molecule has 0 fully saturated rings. The van der Waals surface area contributed by atoms with Crippen molar-refractivity contribution < 1.29 is 9.53 Å². The largest absolute Gasteiger partial charge is 0.444 e. The summed E-state index contributed by atoms with van der Waals surface area (Å²) < 4.78 is 6.51. The summed E-state index contributed by atoms with van der Waals surface area (Å²) in [4.78, 5) is 20.2. The second-order valence-electron chi connectivity index (χ2n) is 7.52. The number of carbonyl (C=O) groups excluding carboxylic acids is 1. The van der Waals surface area contributed by atoms with Crippen molar-refractivity contribution in [1.82, 2.24) is 10.3 Å². The summed E-state index contributed by atoms with van der Waals surface area (Å²) in [6.07, 6.45) is 3.36. The molecule has 2 N–H and O–H groups in total. The summed E-state index contributed by atoms with van der Waals surface area (Å²) in [5, 5.41) is 3.96. The van der Waals surface area contributed by atoms with E-state index in [0.717, 1.165) is 25.6 Å². The highest BCUT2D eigenvalue weighted by Crippen LogP contribution is 2.28. The average molecular weight is 489 g/mol. The van der Waals surface area contributed by atoms with Crippen LogP contribution in [0, 0.1) is 3.57 Å². The molecular weight excluding hydrogens is 465 g/mol. The van der Waals surface area contributed by atoms with Crippen LogP contribution in [0.3, 0.4) is 0 Å². The third kappa shape index (κ3) is 5.58. The van der Waals surface area contributed by atoms with Crippen molar-refractivity contribution in [3.8, 4) is 0 Å². The highest BCUT2D eigenvalue weighted by Gasteiger charge is 2.19. The summed E-state index contributed by atoms with van der Waals surface area (Å²) in [6, 6.07) is 15.9. The van der Waals surface area contributed by atoms with Crippen molar-refractivity contribution in [2.45, 2.75) is 32.4 Å². The zero-order valence-electron chi connectivity index (χ0n) is 16.2. The van der Waals surface area contributed by atoms with Gasteiger partial charge in [0.15, 0.2) is 0 Å². The minimum absolute atomic E-state index is 0.236. The number of carbonyl (C=O) groups is 1. The van der Waals surface area contributed by atoms with Crippen molar-refractivity contribution in [2.75, 3.05) is 6.54 Å². The maximum Gasteiger partial charge on any atom is 0.407 e. The lowest BCUT2D eigenvalue weighted by molar-refractivity contribution is 0.0525. The van der Waals surface area contributed by atoms with Crippen LogP contribution in [0.25, 0.3) is 10.9 Å². The number of fused-ring (bicyclic) bond motifs is 1. The van der Waals surface area contributed by atoms with Gasteiger partial charge in [-0.25, -0.2) is 4.79 Å². The Kier molecular flexibility index (Phi) is 6.39. The minimum Gasteiger partial charge on any atom is -0.444 e. The van der Waals surface area contributed by atoms with Gasteiger partial charge in [-0.2, -0.15) is 0 Å². The van der Waals surface area contributed by atoms with Gasteiger partial charge in [0.1, 0.15) is 5.60 Å². The van der Waals surface area contributed by atoms with Crippen LogP contribution in [-0.2, 0) is 4.74 Å². The Balaban J connectivity index is 1.86. The van der Waals surface area contributed by atoms with Crippen molar-refractivity contribution in [1.29, 1.82) is 0 Å². The molecule has 0 aliphatic heterocycles. The maximum atomic E-state index is 12.1. The number of aromatic nitrogens is 1. The van der Waals surface area contributed by atoms with Gasteiger partial charge < -0.3 is 15.0 Å². The van der Waals surface area contributed by atoms with E-state index in [0.29, 0.717) is 6.54 Å². The first-order valence-electron chi connectivity index (χ1n) is 9.13. The molecule has 0 saturated carbocycles. The molecule has 0 aliphatic rings. The van der Waals surface area contributed by atoms with E-state index in [2.05, 4.69) is 51.1 Å². The molecule has 0 radical (unpaired) electrons. The Hall–Kier alpha value is -2.35. The summed E-state index contributed by atoms with van der Waals surface area (Å²) in [7, 11) is 0. The van der Waals surface area contributed by atoms with Crippen LogP contribution < -0.4 is 5.32 Å². The van der Waals surface area contributed by atoms with E-state index >= 15 is 0 Å². The number of amides is 1. The second-order valence-corrected chi connectivity index (χ2v) is 8.77. The molecule has 6 heteroatoms. The van der Waals surface area contributed by atoms with E-state index in [1.165, 1.54) is 0 Å². The average Bonchev–Trinajstić information content (AvgIpc) is 3.04. The third-order valence-electron chi connectivity index (χ3n) is 4.08. The molecule has 3 aromatic rings. The van der Waals surface area contributed by atoms with Crippen LogP contribution in [-0.4, -0.2) is 29.4 Å². The van der Waals surface area contributed by atoms with E-state index < -0.39 is 11.7 Å². The fraction of sp³-hybridized carbons (Fsp3) is 0.273. The normalized spacial score (nSPS) is 13.0. The number of aliphatic imine (C=N–C) groups is 1. The number of nitrogens with zero attached hydrogens (tertiary/aromatic N) is 1. The monoisotopic (exact) mass is 489 g/mol. The van der Waals surface area contributed by atoms with Crippen LogP contribution in [0.1, 0.15) is 37.9 Å². The van der Waals surface area contributed by atoms with Gasteiger partial charge >= 0.3 is 6.09 Å². The second kappa shape index (κ2) is 8.77. The van der Waals surface area contributed by atoms with E-state index in [-0.39, 0.29) is 6.04 Å². The number of rotatable bonds is 5. The van der Waals surface area contributed by atoms with Gasteiger partial charge in [0.2, 0.25) is 0 Å². The predicted octanol–water partition coefficient (Wildman–Crippen LogP) is 5.46. The molecule has 1 atom stereocenters. The molecule has 2 aromatic carbocycles. The Labute approximate surface area is 178 Å². The molecule has 1 unspecified atom stereocenters. The minimum atomic E-state index is -0.538. The molecule has 0 saturated heterocycles. The van der Waals surface area contributed by atoms with Crippen molar-refractivity contribution in [3.05, 3.63) is 69.4 Å². The number of alkyl carbamates (subject to hydrolysis) is 1. The standard InChI is InChI=1S/C22H24IN3O2/c1-22(2,3)28-21(27)26-14-20(24-12-15-7-5-4-6-8-15)18-13-25-19-10-9-16(23)11-17(18)19/h4-13,20,25H,14H2,1-3H3,(H,26,27). The Bertz CT molecular complexity index is 974. The third-order valence-corrected chi connectivity index (χ3v) is 4.75. The van der Waals surface area contributed by atoms with Gasteiger partial charge in [0, 0.05) is 39.0 Å². The summed E-state index contributed by atoms with van der Waals surface area (Å²) in [5.41, 5.74) is 2.56. The Morgan fingerprint density at radius 1 is 1.25 bits per heavy atom. The molecule has 0 spiro atoms. The molecule has 146 valence electrons. The van der Waals surface area contributed by atoms with Gasteiger partial charge in [-0.15, -0.1) is 0 Å². The van der Waals surface area contributed by atoms with Crippen LogP contribution >= 0.6 is 22.6 Å². The van der Waals surface area contributed by atoms with Gasteiger partial charge in [-0.05, 0) is 67.1 Å². The number of aromatic amines is 1. The first-order chi connectivity index (χ1) is 13.3. The molecule has 0 bridgehead atoms. The molecule has 1 amide bonds. The number of hydrogen-bond donors (Lipinski definition) is 2. The molecule has 1 heterocycles. The zero-order valence-corrected chi connectivity index (χ0v) is 18.4. The lowest BCUT2D eigenvalue weighted by atomic mass is 10.1. The first kappa shape index (κ1) is 20.4. The lowest BCUT2D eigenvalue weighted by Crippen LogP contribution is -2.34. The van der Waals surface area contributed by atoms with Crippen LogP contribution in [0.5, 0.6) is 0 Å². The van der Waals surface area contributed by atoms with Crippen molar-refractivity contribution in [2.24, 2.45) is 4.99 Å². The molecule has 3 rings (SSSR count). The number of benzene rings is 2. The number of ether oxygens (including phenoxy) is 1. The fourth-order valence-electron chi connectivity index (χ4n) is 2.84. The van der Waals surface area contributed by atoms with Crippen LogP contribution in [0.2, 0.25) is 0 Å². The fourth-order valence-corrected chi connectivity index (χ4v) is 3.33. The smallest absolute Gasteiger partial charge is 0.407 e. The number of nitrogens with one attached hydrogen (secondary N) is 2. The van der Waals surface area contributed by atoms with E-state index in [4.69, 9.17) is 9.73 Å². The molecule has 28 heavy (non-hydrogen) atoms. The van der Waals surface area contributed by atoms with E-state index in [1.807, 2.05) is 63.5 Å². The summed E-state index contributed by atoms with van der Waals surface area (Å²) in [6.45, 7) is 5.88. The number of H-pyrrole nitrogens is 1. The van der Waals surface area contributed by atoms with Crippen molar-refractivity contribution >= 4 is 45.8 Å². The van der Waals surface area contributed by atoms with Gasteiger partial charge in [0.05, 0.1) is 6.04 Å². The SMILES string of the molecule is CC(C)(C)OC(=O)NCC(N=Cc1ccccc1)c1c[nH]c2ccc(I)cc12. The topological polar surface area (TPSA) is 66.5 Å². The molecule has 0 aliphatic carbocycles. The van der Waals surface area contributed by atoms with E-state index in [1.54, 1.807) is 0 Å². The van der Waals surface area contributed by atoms with Gasteiger partial charge in [-0.1, -0.05) is 30.3 Å². The quantitative estimate of drug-likeness (QED) is 0.370. The number of halogens is 1. The van der Waals surface area contributed by atoms with Crippen molar-refractivity contribution in [3.63, 3.8) is 0 Å².